The molecule has 1 fully saturated rings. The second kappa shape index (κ2) is 9.13. The Hall–Kier alpha value is -2.82. The van der Waals surface area contributed by atoms with Gasteiger partial charge in [0.1, 0.15) is 18.2 Å². The molecule has 0 aliphatic carbocycles. The van der Waals surface area contributed by atoms with Gasteiger partial charge in [-0.15, -0.1) is 11.3 Å². The average Bonchev–Trinajstić information content (AvgIpc) is 3.41. The first-order valence-corrected chi connectivity index (χ1v) is 10.9. The predicted molar refractivity (Wildman–Crippen MR) is 115 cm³/mol. The first kappa shape index (κ1) is 21.4. The maximum Gasteiger partial charge on any atom is 0.307 e. The van der Waals surface area contributed by atoms with Gasteiger partial charge in [-0.25, -0.2) is 4.39 Å². The number of aromatic nitrogens is 2. The van der Waals surface area contributed by atoms with E-state index in [0.29, 0.717) is 54.7 Å². The van der Waals surface area contributed by atoms with Crippen molar-refractivity contribution in [3.05, 3.63) is 79.0 Å². The average molecular weight is 464 g/mol. The Balaban J connectivity index is 1.33. The number of hydrogen-bond donors (Lipinski definition) is 0. The summed E-state index contributed by atoms with van der Waals surface area (Å²) in [7, 11) is 0. The SMILES string of the molecule is O=C(c1cc(Cn2cc([N+](=O)[O-])cn2)cs1)N1CCN(Cc2c(F)cccc2Cl)CC1. The Morgan fingerprint density at radius 1 is 1.26 bits per heavy atom. The molecule has 0 N–H and O–H groups in total. The van der Waals surface area contributed by atoms with Crippen LogP contribution in [0.4, 0.5) is 10.1 Å². The van der Waals surface area contributed by atoms with E-state index in [2.05, 4.69) is 10.00 Å². The molecule has 162 valence electrons. The molecule has 2 aromatic heterocycles. The monoisotopic (exact) mass is 463 g/mol. The zero-order valence-corrected chi connectivity index (χ0v) is 18.0. The summed E-state index contributed by atoms with van der Waals surface area (Å²) in [4.78, 5) is 27.6. The quantitative estimate of drug-likeness (QED) is 0.411. The normalized spacial score (nSPS) is 14.7. The molecular formula is C20H19ClFN5O3S. The Bertz CT molecular complexity index is 1090. The lowest BCUT2D eigenvalue weighted by Crippen LogP contribution is -2.48. The van der Waals surface area contributed by atoms with E-state index < -0.39 is 4.92 Å². The zero-order valence-electron chi connectivity index (χ0n) is 16.4. The minimum atomic E-state index is -0.494. The third-order valence-corrected chi connectivity index (χ3v) is 6.46. The van der Waals surface area contributed by atoms with Crippen LogP contribution in [0, 0.1) is 15.9 Å². The highest BCUT2D eigenvalue weighted by molar-refractivity contribution is 7.12. The minimum absolute atomic E-state index is 0.0498. The molecule has 0 bridgehead atoms. The summed E-state index contributed by atoms with van der Waals surface area (Å²) in [6.07, 6.45) is 2.56. The number of thiophene rings is 1. The first-order valence-electron chi connectivity index (χ1n) is 9.59. The highest BCUT2D eigenvalue weighted by Gasteiger charge is 2.24. The van der Waals surface area contributed by atoms with Crippen molar-refractivity contribution in [2.45, 2.75) is 13.1 Å². The topological polar surface area (TPSA) is 84.5 Å². The van der Waals surface area contributed by atoms with Gasteiger partial charge in [0.25, 0.3) is 5.91 Å². The second-order valence-corrected chi connectivity index (χ2v) is 8.56. The van der Waals surface area contributed by atoms with Gasteiger partial charge in [-0.1, -0.05) is 17.7 Å². The van der Waals surface area contributed by atoms with Gasteiger partial charge in [-0.05, 0) is 29.1 Å². The second-order valence-electron chi connectivity index (χ2n) is 7.24. The van der Waals surface area contributed by atoms with E-state index in [-0.39, 0.29) is 17.4 Å². The van der Waals surface area contributed by atoms with E-state index in [0.717, 1.165) is 5.56 Å². The van der Waals surface area contributed by atoms with Crippen LogP contribution in [0.15, 0.2) is 42.0 Å². The van der Waals surface area contributed by atoms with Gasteiger partial charge in [0.15, 0.2) is 0 Å². The maximum absolute atomic E-state index is 14.0. The number of amides is 1. The molecule has 11 heteroatoms. The number of carbonyl (C=O) groups excluding carboxylic acids is 1. The van der Waals surface area contributed by atoms with E-state index >= 15 is 0 Å². The van der Waals surface area contributed by atoms with Gasteiger partial charge < -0.3 is 4.90 Å². The fourth-order valence-corrected chi connectivity index (χ4v) is 4.56. The molecule has 3 heterocycles. The van der Waals surface area contributed by atoms with Gasteiger partial charge in [0.2, 0.25) is 0 Å². The van der Waals surface area contributed by atoms with Crippen LogP contribution in [0.25, 0.3) is 0 Å². The molecule has 1 aliphatic heterocycles. The minimum Gasteiger partial charge on any atom is -0.335 e. The van der Waals surface area contributed by atoms with E-state index in [4.69, 9.17) is 11.6 Å². The molecule has 0 radical (unpaired) electrons. The lowest BCUT2D eigenvalue weighted by atomic mass is 10.1. The van der Waals surface area contributed by atoms with Crippen LogP contribution in [0.3, 0.4) is 0 Å². The standard InChI is InChI=1S/C20H19ClFN5O3S/c21-17-2-1-3-18(22)16(17)12-24-4-6-25(7-5-24)20(28)19-8-14(13-31-19)10-26-11-15(9-23-26)27(29)30/h1-3,8-9,11,13H,4-7,10,12H2. The first-order chi connectivity index (χ1) is 14.9. The van der Waals surface area contributed by atoms with Crippen LogP contribution >= 0.6 is 22.9 Å². The molecule has 0 atom stereocenters. The van der Waals surface area contributed by atoms with Crippen molar-refractivity contribution >= 4 is 34.5 Å². The lowest BCUT2D eigenvalue weighted by molar-refractivity contribution is -0.385. The number of carbonyl (C=O) groups is 1. The van der Waals surface area contributed by atoms with E-state index in [1.54, 1.807) is 23.1 Å². The molecule has 1 aliphatic rings. The summed E-state index contributed by atoms with van der Waals surface area (Å²) >= 11 is 7.46. The summed E-state index contributed by atoms with van der Waals surface area (Å²) in [5.41, 5.74) is 1.27. The molecule has 0 spiro atoms. The molecule has 31 heavy (non-hydrogen) atoms. The third kappa shape index (κ3) is 4.92. The number of benzene rings is 1. The van der Waals surface area contributed by atoms with Crippen molar-refractivity contribution in [3.63, 3.8) is 0 Å². The van der Waals surface area contributed by atoms with E-state index in [1.807, 2.05) is 5.38 Å². The van der Waals surface area contributed by atoms with Crippen LogP contribution in [0.1, 0.15) is 20.8 Å². The van der Waals surface area contributed by atoms with Crippen LogP contribution in [-0.4, -0.2) is 56.6 Å². The predicted octanol–water partition coefficient (Wildman–Crippen LogP) is 3.65. The fourth-order valence-electron chi connectivity index (χ4n) is 3.46. The van der Waals surface area contributed by atoms with E-state index in [1.165, 1.54) is 34.5 Å². The van der Waals surface area contributed by atoms with Crippen molar-refractivity contribution in [1.29, 1.82) is 0 Å². The van der Waals surface area contributed by atoms with Gasteiger partial charge >= 0.3 is 5.69 Å². The molecule has 4 rings (SSSR count). The maximum atomic E-state index is 14.0. The molecule has 0 unspecified atom stereocenters. The fraction of sp³-hybridized carbons (Fsp3) is 0.300. The zero-order chi connectivity index (χ0) is 22.0. The van der Waals surface area contributed by atoms with Crippen LogP contribution in [-0.2, 0) is 13.1 Å². The highest BCUT2D eigenvalue weighted by atomic mass is 35.5. The molecule has 0 saturated carbocycles. The number of nitrogens with zero attached hydrogens (tertiary/aromatic N) is 5. The molecule has 1 aromatic carbocycles. The van der Waals surface area contributed by atoms with Crippen molar-refractivity contribution < 1.29 is 14.1 Å². The Morgan fingerprint density at radius 2 is 2.03 bits per heavy atom. The summed E-state index contributed by atoms with van der Waals surface area (Å²) in [5.74, 6) is -0.370. The number of rotatable bonds is 6. The number of hydrogen-bond acceptors (Lipinski definition) is 6. The van der Waals surface area contributed by atoms with Crippen LogP contribution in [0.5, 0.6) is 0 Å². The third-order valence-electron chi connectivity index (χ3n) is 5.14. The van der Waals surface area contributed by atoms with Gasteiger partial charge in [-0.2, -0.15) is 5.10 Å². The smallest absolute Gasteiger partial charge is 0.307 e. The Kier molecular flexibility index (Phi) is 6.30. The number of piperazine rings is 1. The largest absolute Gasteiger partial charge is 0.335 e. The molecule has 3 aromatic rings. The van der Waals surface area contributed by atoms with Gasteiger partial charge in [0.05, 0.1) is 16.3 Å². The molecule has 1 saturated heterocycles. The lowest BCUT2D eigenvalue weighted by Gasteiger charge is -2.34. The molecule has 8 nitrogen and oxygen atoms in total. The highest BCUT2D eigenvalue weighted by Crippen LogP contribution is 2.23. The van der Waals surface area contributed by atoms with E-state index in [9.17, 15) is 19.3 Å². The van der Waals surface area contributed by atoms with Crippen molar-refractivity contribution in [1.82, 2.24) is 19.6 Å². The van der Waals surface area contributed by atoms with Crippen LogP contribution < -0.4 is 0 Å². The van der Waals surface area contributed by atoms with Crippen molar-refractivity contribution in [2.24, 2.45) is 0 Å². The summed E-state index contributed by atoms with van der Waals surface area (Å²) in [6, 6.07) is 6.46. The van der Waals surface area contributed by atoms with Crippen molar-refractivity contribution in [3.8, 4) is 0 Å². The van der Waals surface area contributed by atoms with Crippen LogP contribution in [0.2, 0.25) is 5.02 Å². The summed E-state index contributed by atoms with van der Waals surface area (Å²) in [6.45, 7) is 3.12. The number of nitro groups is 1. The summed E-state index contributed by atoms with van der Waals surface area (Å²) in [5, 5.41) is 17.0. The number of halogens is 2. The van der Waals surface area contributed by atoms with Gasteiger partial charge in [-0.3, -0.25) is 24.5 Å². The molecule has 1 amide bonds. The summed E-state index contributed by atoms with van der Waals surface area (Å²) < 4.78 is 15.5. The van der Waals surface area contributed by atoms with Gasteiger partial charge in [0, 0.05) is 43.3 Å². The van der Waals surface area contributed by atoms with Crippen molar-refractivity contribution in [2.75, 3.05) is 26.2 Å². The molecular weight excluding hydrogens is 445 g/mol. The Morgan fingerprint density at radius 3 is 2.71 bits per heavy atom. The Labute approximate surface area is 186 Å².